The first kappa shape index (κ1) is 23.2. The zero-order chi connectivity index (χ0) is 22.4. The van der Waals surface area contributed by atoms with Gasteiger partial charge < -0.3 is 10.1 Å². The largest absolute Gasteiger partial charge is 0.379 e. The van der Waals surface area contributed by atoms with E-state index in [0.29, 0.717) is 0 Å². The highest BCUT2D eigenvalue weighted by Gasteiger charge is 2.30. The number of nitrogens with zero attached hydrogens (tertiary/aromatic N) is 2. The third-order valence-electron chi connectivity index (χ3n) is 5.18. The summed E-state index contributed by atoms with van der Waals surface area (Å²) in [5, 5.41) is 2.75. The number of carbonyl (C=O) groups is 1. The van der Waals surface area contributed by atoms with Crippen LogP contribution in [0.5, 0.6) is 0 Å². The summed E-state index contributed by atoms with van der Waals surface area (Å²) in [7, 11) is -3.87. The lowest BCUT2D eigenvalue weighted by atomic mass is 10.1. The third-order valence-corrected chi connectivity index (χ3v) is 6.41. The number of hydrogen-bond acceptors (Lipinski definition) is 5. The van der Waals surface area contributed by atoms with E-state index in [4.69, 9.17) is 4.74 Å². The van der Waals surface area contributed by atoms with Gasteiger partial charge in [-0.15, -0.1) is 0 Å². The van der Waals surface area contributed by atoms with Gasteiger partial charge in [0.1, 0.15) is 11.9 Å². The first-order valence-electron chi connectivity index (χ1n) is 10.2. The molecule has 0 bridgehead atoms. The van der Waals surface area contributed by atoms with Crippen molar-refractivity contribution in [1.82, 2.24) is 10.2 Å². The maximum absolute atomic E-state index is 14.2. The van der Waals surface area contributed by atoms with Crippen molar-refractivity contribution in [1.29, 1.82) is 0 Å². The van der Waals surface area contributed by atoms with Crippen LogP contribution in [0.25, 0.3) is 0 Å². The summed E-state index contributed by atoms with van der Waals surface area (Å²) in [6, 6.07) is 12.3. The van der Waals surface area contributed by atoms with Gasteiger partial charge in [-0.3, -0.25) is 14.0 Å². The minimum Gasteiger partial charge on any atom is -0.379 e. The minimum absolute atomic E-state index is 0.153. The van der Waals surface area contributed by atoms with Crippen LogP contribution in [0.4, 0.5) is 10.1 Å². The number of sulfonamides is 1. The van der Waals surface area contributed by atoms with Gasteiger partial charge in [-0.05, 0) is 30.2 Å². The summed E-state index contributed by atoms with van der Waals surface area (Å²) >= 11 is 0. The molecule has 3 rings (SSSR count). The Kier molecular flexibility index (Phi) is 7.64. The molecule has 0 aromatic heterocycles. The number of halogens is 1. The second-order valence-corrected chi connectivity index (χ2v) is 9.47. The third kappa shape index (κ3) is 6.25. The Morgan fingerprint density at radius 3 is 2.35 bits per heavy atom. The molecule has 168 valence electrons. The molecule has 1 aliphatic rings. The zero-order valence-corrected chi connectivity index (χ0v) is 18.6. The second-order valence-electron chi connectivity index (χ2n) is 7.61. The van der Waals surface area contributed by atoms with Crippen LogP contribution in [0.3, 0.4) is 0 Å². The van der Waals surface area contributed by atoms with Crippen LogP contribution in [-0.4, -0.2) is 57.8 Å². The quantitative estimate of drug-likeness (QED) is 0.668. The lowest BCUT2D eigenvalue weighted by molar-refractivity contribution is -0.122. The molecule has 7 nitrogen and oxygen atoms in total. The second kappa shape index (κ2) is 10.2. The fourth-order valence-corrected chi connectivity index (χ4v) is 4.70. The molecule has 1 heterocycles. The average molecular weight is 450 g/mol. The fourth-order valence-electron chi connectivity index (χ4n) is 3.53. The van der Waals surface area contributed by atoms with Crippen LogP contribution in [0, 0.1) is 5.82 Å². The standard InChI is InChI=1S/C22H28FN3O4S/c1-17(26(31(2,28)29)21-6-4-3-5-20(21)23)22(27)24-15-18-7-9-19(10-8-18)16-25-11-13-30-14-12-25/h3-10,17H,11-16H2,1-2H3,(H,24,27)/t17-/m0/s1. The van der Waals surface area contributed by atoms with Crippen LogP contribution in [0.15, 0.2) is 48.5 Å². The van der Waals surface area contributed by atoms with Crippen molar-refractivity contribution in [2.45, 2.75) is 26.1 Å². The monoisotopic (exact) mass is 449 g/mol. The number of carbonyl (C=O) groups excluding carboxylic acids is 1. The molecule has 1 saturated heterocycles. The van der Waals surface area contributed by atoms with Gasteiger partial charge in [-0.2, -0.15) is 0 Å². The van der Waals surface area contributed by atoms with Crippen LogP contribution in [0.2, 0.25) is 0 Å². The molecule has 2 aromatic rings. The van der Waals surface area contributed by atoms with E-state index in [9.17, 15) is 17.6 Å². The molecule has 1 N–H and O–H groups in total. The molecular weight excluding hydrogens is 421 g/mol. The van der Waals surface area contributed by atoms with Gasteiger partial charge >= 0.3 is 0 Å². The lowest BCUT2D eigenvalue weighted by Gasteiger charge is -2.28. The van der Waals surface area contributed by atoms with Gasteiger partial charge in [0, 0.05) is 26.2 Å². The van der Waals surface area contributed by atoms with E-state index in [0.717, 1.165) is 55.0 Å². The van der Waals surface area contributed by atoms with Crippen LogP contribution >= 0.6 is 0 Å². The molecule has 2 aromatic carbocycles. The number of nitrogens with one attached hydrogen (secondary N) is 1. The van der Waals surface area contributed by atoms with Gasteiger partial charge in [0.15, 0.2) is 0 Å². The maximum atomic E-state index is 14.2. The van der Waals surface area contributed by atoms with Gasteiger partial charge in [0.05, 0.1) is 25.2 Å². The van der Waals surface area contributed by atoms with E-state index in [1.54, 1.807) is 0 Å². The van der Waals surface area contributed by atoms with E-state index in [-0.39, 0.29) is 12.2 Å². The number of hydrogen-bond donors (Lipinski definition) is 1. The number of morpholine rings is 1. The highest BCUT2D eigenvalue weighted by molar-refractivity contribution is 7.92. The van der Waals surface area contributed by atoms with Gasteiger partial charge in [0.2, 0.25) is 15.9 Å². The van der Waals surface area contributed by atoms with Gasteiger partial charge in [-0.25, -0.2) is 12.8 Å². The number of amides is 1. The van der Waals surface area contributed by atoms with Gasteiger partial charge in [-0.1, -0.05) is 36.4 Å². The summed E-state index contributed by atoms with van der Waals surface area (Å²) in [4.78, 5) is 15.0. The summed E-state index contributed by atoms with van der Waals surface area (Å²) < 4.78 is 44.9. The van der Waals surface area contributed by atoms with Crippen LogP contribution in [-0.2, 0) is 32.6 Å². The van der Waals surface area contributed by atoms with Crippen molar-refractivity contribution in [3.8, 4) is 0 Å². The van der Waals surface area contributed by atoms with E-state index < -0.39 is 27.8 Å². The van der Waals surface area contributed by atoms with E-state index in [1.807, 2.05) is 24.3 Å². The van der Waals surface area contributed by atoms with Crippen molar-refractivity contribution in [3.63, 3.8) is 0 Å². The van der Waals surface area contributed by atoms with Crippen LogP contribution < -0.4 is 9.62 Å². The Bertz CT molecular complexity index is 992. The molecule has 0 spiro atoms. The highest BCUT2D eigenvalue weighted by Crippen LogP contribution is 2.24. The number of para-hydroxylation sites is 1. The molecule has 0 saturated carbocycles. The molecule has 31 heavy (non-hydrogen) atoms. The number of benzene rings is 2. The summed E-state index contributed by atoms with van der Waals surface area (Å²) in [5.74, 6) is -1.21. The summed E-state index contributed by atoms with van der Waals surface area (Å²) in [6.07, 6.45) is 0.955. The maximum Gasteiger partial charge on any atom is 0.243 e. The molecule has 0 radical (unpaired) electrons. The fraction of sp³-hybridized carbons (Fsp3) is 0.409. The Labute approximate surface area is 182 Å². The first-order chi connectivity index (χ1) is 14.8. The Morgan fingerprint density at radius 2 is 1.74 bits per heavy atom. The smallest absolute Gasteiger partial charge is 0.243 e. The van der Waals surface area contributed by atoms with E-state index in [2.05, 4.69) is 10.2 Å². The molecule has 0 aliphatic carbocycles. The summed E-state index contributed by atoms with van der Waals surface area (Å²) in [5.41, 5.74) is 1.91. The summed E-state index contributed by atoms with van der Waals surface area (Å²) in [6.45, 7) is 5.85. The molecule has 0 unspecified atom stereocenters. The molecule has 9 heteroatoms. The number of ether oxygens (including phenoxy) is 1. The molecule has 1 aliphatic heterocycles. The minimum atomic E-state index is -3.87. The average Bonchev–Trinajstić information content (AvgIpc) is 2.74. The normalized spacial score (nSPS) is 16.0. The van der Waals surface area contributed by atoms with Crippen molar-refractivity contribution >= 4 is 21.6 Å². The Morgan fingerprint density at radius 1 is 1.13 bits per heavy atom. The predicted molar refractivity (Wildman–Crippen MR) is 118 cm³/mol. The van der Waals surface area contributed by atoms with Crippen molar-refractivity contribution in [2.75, 3.05) is 36.9 Å². The topological polar surface area (TPSA) is 79.0 Å². The Balaban J connectivity index is 1.61. The molecular formula is C22H28FN3O4S. The van der Waals surface area contributed by atoms with Crippen molar-refractivity contribution < 1.29 is 22.3 Å². The first-order valence-corrected chi connectivity index (χ1v) is 12.0. The zero-order valence-electron chi connectivity index (χ0n) is 17.8. The van der Waals surface area contributed by atoms with Crippen molar-refractivity contribution in [2.24, 2.45) is 0 Å². The number of rotatable bonds is 8. The molecule has 1 atom stereocenters. The Hall–Kier alpha value is -2.49. The lowest BCUT2D eigenvalue weighted by Crippen LogP contribution is -2.48. The predicted octanol–water partition coefficient (Wildman–Crippen LogP) is 2.13. The SMILES string of the molecule is C[C@@H](C(=O)NCc1ccc(CN2CCOCC2)cc1)N(c1ccccc1F)S(C)(=O)=O. The van der Waals surface area contributed by atoms with E-state index in [1.165, 1.54) is 30.7 Å². The van der Waals surface area contributed by atoms with E-state index >= 15 is 0 Å². The molecule has 1 fully saturated rings. The van der Waals surface area contributed by atoms with Gasteiger partial charge in [0.25, 0.3) is 0 Å². The number of anilines is 1. The molecule has 1 amide bonds. The highest BCUT2D eigenvalue weighted by atomic mass is 32.2. The van der Waals surface area contributed by atoms with Crippen LogP contribution in [0.1, 0.15) is 18.1 Å². The van der Waals surface area contributed by atoms with Crippen molar-refractivity contribution in [3.05, 3.63) is 65.5 Å².